The fourth-order valence-electron chi connectivity index (χ4n) is 1.50. The summed E-state index contributed by atoms with van der Waals surface area (Å²) in [7, 11) is 0. The molecular weight excluding hydrogens is 280 g/mol. The van der Waals surface area contributed by atoms with Crippen LogP contribution in [0.1, 0.15) is 37.0 Å². The van der Waals surface area contributed by atoms with Gasteiger partial charge in [-0.3, -0.25) is 4.79 Å². The largest absolute Gasteiger partial charge is 0.334 e. The number of nitrogens with zero attached hydrogens (tertiary/aromatic N) is 1. The molecule has 0 aliphatic carbocycles. The Morgan fingerprint density at radius 3 is 2.29 bits per heavy atom. The van der Waals surface area contributed by atoms with Crippen molar-refractivity contribution in [2.75, 3.05) is 0 Å². The minimum absolute atomic E-state index is 0.206. The molecule has 0 bridgehead atoms. The van der Waals surface area contributed by atoms with Crippen molar-refractivity contribution < 1.29 is 4.79 Å². The molecule has 4 heteroatoms. The number of carbonyl (C=O) groups excluding carboxylic acids is 1. The standard InChI is InChI=1S/C13H15BrN2O/c1-3-13(4-2,9-15)16-12(17)10-5-7-11(14)8-6-10/h5-8H,3-4H2,1-2H3,(H,16,17). The molecule has 0 aliphatic rings. The minimum Gasteiger partial charge on any atom is -0.334 e. The molecule has 1 aromatic carbocycles. The maximum absolute atomic E-state index is 12.0. The van der Waals surface area contributed by atoms with Gasteiger partial charge in [0, 0.05) is 10.0 Å². The number of halogens is 1. The van der Waals surface area contributed by atoms with Gasteiger partial charge < -0.3 is 5.32 Å². The second kappa shape index (κ2) is 5.83. The molecule has 0 spiro atoms. The molecule has 1 aromatic rings. The molecule has 0 saturated heterocycles. The van der Waals surface area contributed by atoms with Crippen molar-refractivity contribution in [2.45, 2.75) is 32.2 Å². The van der Waals surface area contributed by atoms with E-state index in [0.29, 0.717) is 18.4 Å². The summed E-state index contributed by atoms with van der Waals surface area (Å²) < 4.78 is 0.923. The number of hydrogen-bond acceptors (Lipinski definition) is 2. The molecule has 0 atom stereocenters. The van der Waals surface area contributed by atoms with Crippen LogP contribution >= 0.6 is 15.9 Å². The zero-order valence-corrected chi connectivity index (χ0v) is 11.5. The van der Waals surface area contributed by atoms with Crippen LogP contribution < -0.4 is 5.32 Å². The second-order valence-corrected chi connectivity index (χ2v) is 4.78. The number of nitriles is 1. The monoisotopic (exact) mass is 294 g/mol. The van der Waals surface area contributed by atoms with Crippen molar-refractivity contribution >= 4 is 21.8 Å². The number of rotatable bonds is 4. The average molecular weight is 295 g/mol. The zero-order valence-electron chi connectivity index (χ0n) is 9.96. The Balaban J connectivity index is 2.85. The van der Waals surface area contributed by atoms with Gasteiger partial charge in [0.1, 0.15) is 5.54 Å². The predicted octanol–water partition coefficient (Wildman–Crippen LogP) is 3.26. The summed E-state index contributed by atoms with van der Waals surface area (Å²) in [6.07, 6.45) is 1.20. The molecule has 0 heterocycles. The average Bonchev–Trinajstić information content (AvgIpc) is 2.37. The van der Waals surface area contributed by atoms with E-state index < -0.39 is 5.54 Å². The highest BCUT2D eigenvalue weighted by atomic mass is 79.9. The molecule has 0 saturated carbocycles. The third kappa shape index (κ3) is 3.31. The Kier molecular flexibility index (Phi) is 4.71. The van der Waals surface area contributed by atoms with Crippen molar-refractivity contribution in [2.24, 2.45) is 0 Å². The van der Waals surface area contributed by atoms with Gasteiger partial charge in [0.05, 0.1) is 6.07 Å². The van der Waals surface area contributed by atoms with E-state index in [9.17, 15) is 4.79 Å². The van der Waals surface area contributed by atoms with Crippen LogP contribution in [-0.4, -0.2) is 11.4 Å². The Labute approximate surface area is 110 Å². The van der Waals surface area contributed by atoms with Crippen molar-refractivity contribution in [3.8, 4) is 6.07 Å². The van der Waals surface area contributed by atoms with Crippen LogP contribution in [0.5, 0.6) is 0 Å². The Bertz CT molecular complexity index is 430. The first-order chi connectivity index (χ1) is 8.06. The van der Waals surface area contributed by atoms with Crippen LogP contribution in [0.3, 0.4) is 0 Å². The van der Waals surface area contributed by atoms with Gasteiger partial charge in [0.15, 0.2) is 0 Å². The molecule has 90 valence electrons. The molecule has 0 fully saturated rings. The summed E-state index contributed by atoms with van der Waals surface area (Å²) in [6, 6.07) is 9.26. The van der Waals surface area contributed by atoms with E-state index in [1.165, 1.54) is 0 Å². The second-order valence-electron chi connectivity index (χ2n) is 3.86. The topological polar surface area (TPSA) is 52.9 Å². The Morgan fingerprint density at radius 1 is 1.35 bits per heavy atom. The lowest BCUT2D eigenvalue weighted by Gasteiger charge is -2.24. The van der Waals surface area contributed by atoms with Crippen LogP contribution in [0.4, 0.5) is 0 Å². The predicted molar refractivity (Wildman–Crippen MR) is 70.5 cm³/mol. The van der Waals surface area contributed by atoms with Gasteiger partial charge in [0.25, 0.3) is 5.91 Å². The molecule has 3 nitrogen and oxygen atoms in total. The zero-order chi connectivity index (χ0) is 12.9. The van der Waals surface area contributed by atoms with Crippen LogP contribution in [0.15, 0.2) is 28.7 Å². The first-order valence-corrected chi connectivity index (χ1v) is 6.35. The van der Waals surface area contributed by atoms with E-state index in [1.807, 2.05) is 13.8 Å². The van der Waals surface area contributed by atoms with Crippen molar-refractivity contribution in [1.29, 1.82) is 5.26 Å². The van der Waals surface area contributed by atoms with E-state index >= 15 is 0 Å². The van der Waals surface area contributed by atoms with E-state index in [2.05, 4.69) is 27.3 Å². The lowest BCUT2D eigenvalue weighted by atomic mass is 9.94. The highest BCUT2D eigenvalue weighted by Gasteiger charge is 2.27. The van der Waals surface area contributed by atoms with E-state index in [0.717, 1.165) is 4.47 Å². The number of hydrogen-bond donors (Lipinski definition) is 1. The highest BCUT2D eigenvalue weighted by Crippen LogP contribution is 2.16. The van der Waals surface area contributed by atoms with Crippen LogP contribution in [0, 0.1) is 11.3 Å². The number of carbonyl (C=O) groups is 1. The molecule has 1 rings (SSSR count). The Hall–Kier alpha value is -1.34. The number of nitrogens with one attached hydrogen (secondary N) is 1. The summed E-state index contributed by atoms with van der Waals surface area (Å²) in [5.41, 5.74) is -0.195. The normalized spacial score (nSPS) is 10.7. The fraction of sp³-hybridized carbons (Fsp3) is 0.385. The van der Waals surface area contributed by atoms with E-state index in [1.54, 1.807) is 24.3 Å². The summed E-state index contributed by atoms with van der Waals surface area (Å²) in [5, 5.41) is 11.9. The molecule has 0 aromatic heterocycles. The third-order valence-electron chi connectivity index (χ3n) is 2.88. The van der Waals surface area contributed by atoms with Crippen LogP contribution in [0.25, 0.3) is 0 Å². The van der Waals surface area contributed by atoms with Gasteiger partial charge in [-0.05, 0) is 37.1 Å². The molecular formula is C13H15BrN2O. The molecule has 1 amide bonds. The number of amides is 1. The molecule has 0 aliphatic heterocycles. The smallest absolute Gasteiger partial charge is 0.252 e. The maximum Gasteiger partial charge on any atom is 0.252 e. The van der Waals surface area contributed by atoms with Crippen LogP contribution in [-0.2, 0) is 0 Å². The summed E-state index contributed by atoms with van der Waals surface area (Å²) in [6.45, 7) is 3.79. The van der Waals surface area contributed by atoms with Gasteiger partial charge >= 0.3 is 0 Å². The summed E-state index contributed by atoms with van der Waals surface area (Å²) >= 11 is 3.31. The Morgan fingerprint density at radius 2 is 1.88 bits per heavy atom. The van der Waals surface area contributed by atoms with Gasteiger partial charge in [-0.25, -0.2) is 0 Å². The maximum atomic E-state index is 12.0. The molecule has 17 heavy (non-hydrogen) atoms. The van der Waals surface area contributed by atoms with Crippen molar-refractivity contribution in [3.05, 3.63) is 34.3 Å². The minimum atomic E-state index is -0.760. The van der Waals surface area contributed by atoms with Crippen LogP contribution in [0.2, 0.25) is 0 Å². The van der Waals surface area contributed by atoms with Crippen molar-refractivity contribution in [3.63, 3.8) is 0 Å². The first kappa shape index (κ1) is 13.7. The number of benzene rings is 1. The van der Waals surface area contributed by atoms with Gasteiger partial charge in [-0.1, -0.05) is 29.8 Å². The lowest BCUT2D eigenvalue weighted by Crippen LogP contribution is -2.46. The van der Waals surface area contributed by atoms with Gasteiger partial charge in [-0.15, -0.1) is 0 Å². The lowest BCUT2D eigenvalue weighted by molar-refractivity contribution is 0.0915. The quantitative estimate of drug-likeness (QED) is 0.927. The van der Waals surface area contributed by atoms with E-state index in [4.69, 9.17) is 5.26 Å². The van der Waals surface area contributed by atoms with E-state index in [-0.39, 0.29) is 5.91 Å². The molecule has 0 unspecified atom stereocenters. The molecule has 0 radical (unpaired) electrons. The SMILES string of the molecule is CCC(C#N)(CC)NC(=O)c1ccc(Br)cc1. The summed E-state index contributed by atoms with van der Waals surface area (Å²) in [4.78, 5) is 12.0. The molecule has 1 N–H and O–H groups in total. The summed E-state index contributed by atoms with van der Waals surface area (Å²) in [5.74, 6) is -0.206. The first-order valence-electron chi connectivity index (χ1n) is 5.56. The van der Waals surface area contributed by atoms with Gasteiger partial charge in [0.2, 0.25) is 0 Å². The highest BCUT2D eigenvalue weighted by molar-refractivity contribution is 9.10. The third-order valence-corrected chi connectivity index (χ3v) is 3.41. The van der Waals surface area contributed by atoms with Crippen molar-refractivity contribution in [1.82, 2.24) is 5.32 Å². The fourth-order valence-corrected chi connectivity index (χ4v) is 1.77. The van der Waals surface area contributed by atoms with Gasteiger partial charge in [-0.2, -0.15) is 5.26 Å².